The summed E-state index contributed by atoms with van der Waals surface area (Å²) in [5.41, 5.74) is -3.70. The van der Waals surface area contributed by atoms with Gasteiger partial charge in [-0.3, -0.25) is 0 Å². The third-order valence-corrected chi connectivity index (χ3v) is 3.43. The van der Waals surface area contributed by atoms with E-state index in [2.05, 4.69) is 0 Å². The zero-order valence-electron chi connectivity index (χ0n) is 10.0. The molecular formula is C10H18O9. The first-order chi connectivity index (χ1) is 8.86. The van der Waals surface area contributed by atoms with Crippen LogP contribution in [0.15, 0.2) is 0 Å². The quantitative estimate of drug-likeness (QED) is 0.302. The molecule has 19 heavy (non-hydrogen) atoms. The van der Waals surface area contributed by atoms with E-state index in [1.54, 1.807) is 0 Å². The Morgan fingerprint density at radius 2 is 1.58 bits per heavy atom. The van der Waals surface area contributed by atoms with Crippen LogP contribution in [-0.4, -0.2) is 93.1 Å². The summed E-state index contributed by atoms with van der Waals surface area (Å²) in [6, 6.07) is 0. The zero-order valence-corrected chi connectivity index (χ0v) is 10.0. The van der Waals surface area contributed by atoms with Crippen molar-refractivity contribution in [1.29, 1.82) is 0 Å². The molecule has 0 radical (unpaired) electrons. The first-order valence-corrected chi connectivity index (χ1v) is 5.77. The minimum absolute atomic E-state index is 0.345. The van der Waals surface area contributed by atoms with Gasteiger partial charge >= 0.3 is 0 Å². The van der Waals surface area contributed by atoms with Crippen LogP contribution in [0, 0.1) is 0 Å². The predicted molar refractivity (Wildman–Crippen MR) is 56.6 cm³/mol. The number of rotatable bonds is 4. The Balaban J connectivity index is 2.05. The summed E-state index contributed by atoms with van der Waals surface area (Å²) in [5.74, 6) is 0. The van der Waals surface area contributed by atoms with Crippen molar-refractivity contribution < 1.29 is 44.8 Å². The molecule has 2 saturated heterocycles. The highest BCUT2D eigenvalue weighted by molar-refractivity contribution is 4.98. The predicted octanol–water partition coefficient (Wildman–Crippen LogP) is -4.12. The molecule has 0 saturated carbocycles. The molecule has 0 aromatic rings. The molecular weight excluding hydrogens is 264 g/mol. The molecule has 2 fully saturated rings. The molecule has 0 unspecified atom stereocenters. The second-order valence-corrected chi connectivity index (χ2v) is 4.91. The van der Waals surface area contributed by atoms with Crippen LogP contribution in [0.1, 0.15) is 0 Å². The van der Waals surface area contributed by atoms with Gasteiger partial charge in [0.1, 0.15) is 23.4 Å². The van der Waals surface area contributed by atoms with E-state index in [1.807, 2.05) is 0 Å². The molecule has 0 amide bonds. The van der Waals surface area contributed by atoms with Crippen molar-refractivity contribution in [2.24, 2.45) is 0 Å². The standard InChI is InChI=1S/C10H18O9/c11-1-9(15)3-18-8(5(9)13)19-6-7(14)17-4-10(6,16)2-12/h5-8,11-16H,1-4H2/t5-,6-,7+,8-,9+,10+/m0/s1. The van der Waals surface area contributed by atoms with E-state index in [0.717, 1.165) is 0 Å². The van der Waals surface area contributed by atoms with Crippen LogP contribution in [-0.2, 0) is 14.2 Å². The summed E-state index contributed by atoms with van der Waals surface area (Å²) in [4.78, 5) is 0. The molecule has 2 aliphatic rings. The lowest BCUT2D eigenvalue weighted by Gasteiger charge is -2.31. The lowest BCUT2D eigenvalue weighted by molar-refractivity contribution is -0.246. The molecule has 0 bridgehead atoms. The summed E-state index contributed by atoms with van der Waals surface area (Å²) >= 11 is 0. The van der Waals surface area contributed by atoms with Crippen LogP contribution in [0.2, 0.25) is 0 Å². The highest BCUT2D eigenvalue weighted by atomic mass is 16.7. The summed E-state index contributed by atoms with van der Waals surface area (Å²) in [5, 5.41) is 57.1. The Labute approximate surface area is 108 Å². The van der Waals surface area contributed by atoms with E-state index >= 15 is 0 Å². The third kappa shape index (κ3) is 2.49. The normalized spacial score (nSPS) is 50.8. The van der Waals surface area contributed by atoms with E-state index in [4.69, 9.17) is 24.4 Å². The number of hydrogen-bond acceptors (Lipinski definition) is 9. The van der Waals surface area contributed by atoms with E-state index in [-0.39, 0.29) is 13.2 Å². The maximum atomic E-state index is 9.96. The Bertz CT molecular complexity index is 326. The Hall–Kier alpha value is -0.360. The molecule has 2 aliphatic heterocycles. The van der Waals surface area contributed by atoms with Gasteiger partial charge < -0.3 is 44.8 Å². The molecule has 0 aromatic heterocycles. The maximum Gasteiger partial charge on any atom is 0.187 e. The number of hydrogen-bond donors (Lipinski definition) is 6. The average molecular weight is 282 g/mol. The van der Waals surface area contributed by atoms with Crippen LogP contribution in [0.3, 0.4) is 0 Å². The average Bonchev–Trinajstić information content (AvgIpc) is 2.85. The van der Waals surface area contributed by atoms with Crippen molar-refractivity contribution in [2.45, 2.75) is 36.0 Å². The first-order valence-electron chi connectivity index (χ1n) is 5.77. The topological polar surface area (TPSA) is 149 Å². The SMILES string of the molecule is OC[C@@]1(O)CO[C@@H](O[C@H]2[C@H](O)OC[C@]2(O)CO)[C@@H]1O. The van der Waals surface area contributed by atoms with Crippen molar-refractivity contribution in [2.75, 3.05) is 26.4 Å². The smallest absolute Gasteiger partial charge is 0.187 e. The molecule has 2 rings (SSSR count). The lowest BCUT2D eigenvalue weighted by atomic mass is 9.99. The van der Waals surface area contributed by atoms with Crippen LogP contribution in [0.5, 0.6) is 0 Å². The minimum atomic E-state index is -1.87. The molecule has 2 heterocycles. The summed E-state index contributed by atoms with van der Waals surface area (Å²) in [6.07, 6.45) is -5.78. The van der Waals surface area contributed by atoms with Crippen molar-refractivity contribution in [3.63, 3.8) is 0 Å². The first kappa shape index (κ1) is 15.0. The Morgan fingerprint density at radius 3 is 2.11 bits per heavy atom. The van der Waals surface area contributed by atoms with Crippen molar-refractivity contribution in [1.82, 2.24) is 0 Å². The molecule has 0 aromatic carbocycles. The third-order valence-electron chi connectivity index (χ3n) is 3.43. The molecule has 9 heteroatoms. The van der Waals surface area contributed by atoms with Crippen LogP contribution >= 0.6 is 0 Å². The van der Waals surface area contributed by atoms with E-state index < -0.39 is 49.2 Å². The molecule has 112 valence electrons. The van der Waals surface area contributed by atoms with E-state index in [0.29, 0.717) is 0 Å². The molecule has 6 atom stereocenters. The number of ether oxygens (including phenoxy) is 3. The second-order valence-electron chi connectivity index (χ2n) is 4.91. The van der Waals surface area contributed by atoms with Gasteiger partial charge in [-0.15, -0.1) is 0 Å². The van der Waals surface area contributed by atoms with Gasteiger partial charge in [-0.05, 0) is 0 Å². The van der Waals surface area contributed by atoms with Gasteiger partial charge in [0.15, 0.2) is 12.6 Å². The maximum absolute atomic E-state index is 9.96. The molecule has 9 nitrogen and oxygen atoms in total. The highest BCUT2D eigenvalue weighted by Gasteiger charge is 2.55. The molecule has 0 spiro atoms. The fourth-order valence-corrected chi connectivity index (χ4v) is 2.05. The highest BCUT2D eigenvalue weighted by Crippen LogP contribution is 2.32. The van der Waals surface area contributed by atoms with Gasteiger partial charge in [0, 0.05) is 0 Å². The Morgan fingerprint density at radius 1 is 1.00 bits per heavy atom. The van der Waals surface area contributed by atoms with E-state index in [1.165, 1.54) is 0 Å². The van der Waals surface area contributed by atoms with Crippen LogP contribution < -0.4 is 0 Å². The summed E-state index contributed by atoms with van der Waals surface area (Å²) in [6.45, 7) is -2.16. The summed E-state index contributed by atoms with van der Waals surface area (Å²) in [7, 11) is 0. The van der Waals surface area contributed by atoms with Gasteiger partial charge in [-0.25, -0.2) is 0 Å². The van der Waals surface area contributed by atoms with Gasteiger partial charge in [-0.1, -0.05) is 0 Å². The number of aliphatic hydroxyl groups is 6. The van der Waals surface area contributed by atoms with Crippen molar-refractivity contribution in [3.8, 4) is 0 Å². The monoisotopic (exact) mass is 282 g/mol. The van der Waals surface area contributed by atoms with Crippen LogP contribution in [0.4, 0.5) is 0 Å². The van der Waals surface area contributed by atoms with Crippen molar-refractivity contribution in [3.05, 3.63) is 0 Å². The summed E-state index contributed by atoms with van der Waals surface area (Å²) < 4.78 is 14.9. The van der Waals surface area contributed by atoms with E-state index in [9.17, 15) is 20.4 Å². The van der Waals surface area contributed by atoms with Gasteiger partial charge in [0.25, 0.3) is 0 Å². The largest absolute Gasteiger partial charge is 0.393 e. The fourth-order valence-electron chi connectivity index (χ4n) is 2.05. The molecule has 0 aliphatic carbocycles. The molecule has 6 N–H and O–H groups in total. The van der Waals surface area contributed by atoms with Crippen molar-refractivity contribution >= 4 is 0 Å². The lowest BCUT2D eigenvalue weighted by Crippen LogP contribution is -2.53. The zero-order chi connectivity index (χ0) is 14.3. The second kappa shape index (κ2) is 5.20. The number of aliphatic hydroxyl groups excluding tert-OH is 4. The fraction of sp³-hybridized carbons (Fsp3) is 1.00. The van der Waals surface area contributed by atoms with Gasteiger partial charge in [0.05, 0.1) is 26.4 Å². The van der Waals surface area contributed by atoms with Gasteiger partial charge in [0.2, 0.25) is 0 Å². The van der Waals surface area contributed by atoms with Crippen LogP contribution in [0.25, 0.3) is 0 Å². The minimum Gasteiger partial charge on any atom is -0.393 e. The van der Waals surface area contributed by atoms with Gasteiger partial charge in [-0.2, -0.15) is 0 Å². The Kier molecular flexibility index (Phi) is 4.12.